The van der Waals surface area contributed by atoms with E-state index in [4.69, 9.17) is 4.42 Å². The summed E-state index contributed by atoms with van der Waals surface area (Å²) in [6.45, 7) is 6.91. The molecule has 27 heavy (non-hydrogen) atoms. The summed E-state index contributed by atoms with van der Waals surface area (Å²) < 4.78 is 5.21. The van der Waals surface area contributed by atoms with Crippen molar-refractivity contribution in [3.8, 4) is 0 Å². The van der Waals surface area contributed by atoms with Crippen LogP contribution >= 0.6 is 24.0 Å². The lowest BCUT2D eigenvalue weighted by molar-refractivity contribution is -0.126. The molecule has 1 aliphatic rings. The van der Waals surface area contributed by atoms with E-state index in [1.165, 1.54) is 6.26 Å². The number of nitrogens with one attached hydrogen (secondary N) is 3. The van der Waals surface area contributed by atoms with Gasteiger partial charge in [0, 0.05) is 24.5 Å². The molecule has 1 amide bonds. The Bertz CT molecular complexity index is 578. The molecule has 0 radical (unpaired) electrons. The number of hydrogen-bond donors (Lipinski definition) is 4. The number of rotatable bonds is 7. The average molecular weight is 492 g/mol. The number of furan rings is 1. The van der Waals surface area contributed by atoms with E-state index in [0.29, 0.717) is 11.7 Å². The number of carbonyl (C=O) groups is 1. The minimum absolute atomic E-state index is 0. The van der Waals surface area contributed by atoms with Gasteiger partial charge in [-0.2, -0.15) is 0 Å². The Hall–Kier alpha value is -1.29. The fourth-order valence-electron chi connectivity index (χ4n) is 3.22. The number of aliphatic hydroxyl groups excluding tert-OH is 1. The topological polar surface area (TPSA) is 98.9 Å². The van der Waals surface area contributed by atoms with E-state index in [1.807, 2.05) is 20.8 Å². The van der Waals surface area contributed by atoms with E-state index in [2.05, 4.69) is 20.9 Å². The molecule has 1 heterocycles. The first kappa shape index (κ1) is 23.7. The first-order valence-corrected chi connectivity index (χ1v) is 9.56. The van der Waals surface area contributed by atoms with Crippen molar-refractivity contribution in [2.24, 2.45) is 10.9 Å². The van der Waals surface area contributed by atoms with Crippen LogP contribution in [0.3, 0.4) is 0 Å². The smallest absolute Gasteiger partial charge is 0.223 e. The van der Waals surface area contributed by atoms with Crippen molar-refractivity contribution in [2.45, 2.75) is 64.6 Å². The summed E-state index contributed by atoms with van der Waals surface area (Å²) in [5.41, 5.74) is 0. The zero-order valence-corrected chi connectivity index (χ0v) is 18.7. The van der Waals surface area contributed by atoms with E-state index in [-0.39, 0.29) is 54.4 Å². The quantitative estimate of drug-likeness (QED) is 0.267. The molecular weight excluding hydrogens is 459 g/mol. The second kappa shape index (κ2) is 12.2. The van der Waals surface area contributed by atoms with E-state index in [1.54, 1.807) is 12.1 Å². The van der Waals surface area contributed by atoms with Crippen molar-refractivity contribution in [1.82, 2.24) is 16.0 Å². The van der Waals surface area contributed by atoms with Gasteiger partial charge in [0.15, 0.2) is 5.96 Å². The van der Waals surface area contributed by atoms with Gasteiger partial charge >= 0.3 is 0 Å². The third kappa shape index (κ3) is 8.08. The fourth-order valence-corrected chi connectivity index (χ4v) is 3.22. The molecule has 8 heteroatoms. The Morgan fingerprint density at radius 2 is 2.19 bits per heavy atom. The maximum absolute atomic E-state index is 12.3. The van der Waals surface area contributed by atoms with Gasteiger partial charge in [0.25, 0.3) is 0 Å². The highest BCUT2D eigenvalue weighted by molar-refractivity contribution is 14.0. The molecular formula is C19H33IN4O3. The fraction of sp³-hybridized carbons (Fsp3) is 0.684. The van der Waals surface area contributed by atoms with Crippen LogP contribution in [0.1, 0.15) is 58.3 Å². The third-order valence-corrected chi connectivity index (χ3v) is 4.45. The molecule has 4 N–H and O–H groups in total. The Labute approximate surface area is 178 Å². The van der Waals surface area contributed by atoms with Crippen molar-refractivity contribution in [3.05, 3.63) is 24.2 Å². The van der Waals surface area contributed by atoms with Crippen molar-refractivity contribution in [2.75, 3.05) is 13.1 Å². The van der Waals surface area contributed by atoms with Crippen LogP contribution in [-0.4, -0.2) is 42.1 Å². The number of aliphatic hydroxyl groups is 1. The largest absolute Gasteiger partial charge is 0.467 e. The molecule has 0 bridgehead atoms. The monoisotopic (exact) mass is 492 g/mol. The van der Waals surface area contributed by atoms with Gasteiger partial charge in [0.2, 0.25) is 5.91 Å². The van der Waals surface area contributed by atoms with Crippen molar-refractivity contribution in [3.63, 3.8) is 0 Å². The first-order chi connectivity index (χ1) is 12.5. The molecule has 1 saturated carbocycles. The van der Waals surface area contributed by atoms with Gasteiger partial charge in [0.1, 0.15) is 11.9 Å². The minimum Gasteiger partial charge on any atom is -0.467 e. The summed E-state index contributed by atoms with van der Waals surface area (Å²) in [4.78, 5) is 16.7. The molecule has 2 rings (SSSR count). The highest BCUT2D eigenvalue weighted by Gasteiger charge is 2.28. The zero-order chi connectivity index (χ0) is 18.9. The summed E-state index contributed by atoms with van der Waals surface area (Å²) in [6.07, 6.45) is 4.52. The van der Waals surface area contributed by atoms with Gasteiger partial charge in [-0.3, -0.25) is 9.79 Å². The van der Waals surface area contributed by atoms with E-state index in [9.17, 15) is 9.90 Å². The van der Waals surface area contributed by atoms with Crippen LogP contribution in [0.5, 0.6) is 0 Å². The molecule has 0 aliphatic heterocycles. The van der Waals surface area contributed by atoms with E-state index >= 15 is 0 Å². The molecule has 3 unspecified atom stereocenters. The number of halogens is 1. The predicted molar refractivity (Wildman–Crippen MR) is 117 cm³/mol. The van der Waals surface area contributed by atoms with Crippen LogP contribution in [-0.2, 0) is 4.79 Å². The standard InChI is InChI=1S/C19H32N4O3.HI/c1-4-20-19(21-12-16(24)17-9-6-10-26-17)23-15-8-5-7-14(11-15)18(25)22-13(2)3;/h6,9-10,13-16,24H,4-5,7-8,11-12H2,1-3H3,(H,22,25)(H2,20,21,23);1H. The number of nitrogens with zero attached hydrogens (tertiary/aromatic N) is 1. The second-order valence-electron chi connectivity index (χ2n) is 7.12. The van der Waals surface area contributed by atoms with Crippen LogP contribution in [0, 0.1) is 5.92 Å². The highest BCUT2D eigenvalue weighted by Crippen LogP contribution is 2.24. The molecule has 0 saturated heterocycles. The lowest BCUT2D eigenvalue weighted by Gasteiger charge is -2.30. The Balaban J connectivity index is 0.00000364. The summed E-state index contributed by atoms with van der Waals surface area (Å²) in [5.74, 6) is 1.35. The normalized spacial score (nSPS) is 21.3. The van der Waals surface area contributed by atoms with Crippen LogP contribution in [0.25, 0.3) is 0 Å². The molecule has 0 aromatic carbocycles. The third-order valence-electron chi connectivity index (χ3n) is 4.45. The summed E-state index contributed by atoms with van der Waals surface area (Å²) in [6, 6.07) is 3.85. The minimum atomic E-state index is -0.767. The number of hydrogen-bond acceptors (Lipinski definition) is 4. The van der Waals surface area contributed by atoms with E-state index in [0.717, 1.165) is 32.2 Å². The van der Waals surface area contributed by atoms with Crippen LogP contribution in [0.4, 0.5) is 0 Å². The maximum Gasteiger partial charge on any atom is 0.223 e. The molecule has 1 aliphatic carbocycles. The molecule has 1 aromatic rings. The van der Waals surface area contributed by atoms with Crippen LogP contribution in [0.15, 0.2) is 27.8 Å². The van der Waals surface area contributed by atoms with Gasteiger partial charge in [-0.1, -0.05) is 6.42 Å². The second-order valence-corrected chi connectivity index (χ2v) is 7.12. The first-order valence-electron chi connectivity index (χ1n) is 9.56. The van der Waals surface area contributed by atoms with Gasteiger partial charge in [-0.05, 0) is 52.2 Å². The van der Waals surface area contributed by atoms with Crippen molar-refractivity contribution < 1.29 is 14.3 Å². The maximum atomic E-state index is 12.3. The number of amides is 1. The molecule has 0 spiro atoms. The molecule has 1 aromatic heterocycles. The SMILES string of the molecule is CCNC(=NCC(O)c1ccco1)NC1CCCC(C(=O)NC(C)C)C1.I. The molecule has 154 valence electrons. The Kier molecular flexibility index (Phi) is 10.8. The predicted octanol–water partition coefficient (Wildman–Crippen LogP) is 2.57. The zero-order valence-electron chi connectivity index (χ0n) is 16.4. The molecule has 7 nitrogen and oxygen atoms in total. The van der Waals surface area contributed by atoms with E-state index < -0.39 is 6.10 Å². The van der Waals surface area contributed by atoms with Crippen LogP contribution < -0.4 is 16.0 Å². The summed E-state index contributed by atoms with van der Waals surface area (Å²) in [7, 11) is 0. The van der Waals surface area contributed by atoms with Gasteiger partial charge in [-0.25, -0.2) is 0 Å². The molecule has 3 atom stereocenters. The summed E-state index contributed by atoms with van der Waals surface area (Å²) >= 11 is 0. The van der Waals surface area contributed by atoms with Gasteiger partial charge < -0.3 is 25.5 Å². The van der Waals surface area contributed by atoms with Crippen LogP contribution in [0.2, 0.25) is 0 Å². The number of carbonyl (C=O) groups excluding carboxylic acids is 1. The van der Waals surface area contributed by atoms with Gasteiger partial charge in [-0.15, -0.1) is 24.0 Å². The Morgan fingerprint density at radius 1 is 1.41 bits per heavy atom. The number of aliphatic imine (C=N–C) groups is 1. The molecule has 1 fully saturated rings. The Morgan fingerprint density at radius 3 is 2.81 bits per heavy atom. The summed E-state index contributed by atoms with van der Waals surface area (Å²) in [5, 5.41) is 19.7. The average Bonchev–Trinajstić information content (AvgIpc) is 3.14. The highest BCUT2D eigenvalue weighted by atomic mass is 127. The van der Waals surface area contributed by atoms with Gasteiger partial charge in [0.05, 0.1) is 12.8 Å². The van der Waals surface area contributed by atoms with Crippen molar-refractivity contribution >= 4 is 35.8 Å². The lowest BCUT2D eigenvalue weighted by Crippen LogP contribution is -2.47. The number of guanidine groups is 1. The van der Waals surface area contributed by atoms with Crippen molar-refractivity contribution in [1.29, 1.82) is 0 Å². The lowest BCUT2D eigenvalue weighted by atomic mass is 9.85.